The fourth-order valence-electron chi connectivity index (χ4n) is 2.39. The van der Waals surface area contributed by atoms with E-state index in [0.29, 0.717) is 5.25 Å². The molecule has 0 radical (unpaired) electrons. The van der Waals surface area contributed by atoms with Crippen LogP contribution in [0.25, 0.3) is 0 Å². The molecule has 1 aliphatic rings. The Morgan fingerprint density at radius 1 is 1.13 bits per heavy atom. The number of hydrogen-bond acceptors (Lipinski definition) is 2. The van der Waals surface area contributed by atoms with E-state index in [1.807, 2.05) is 0 Å². The second kappa shape index (κ2) is 8.46. The fraction of sp³-hybridized carbons (Fsp3) is 1.00. The Hall–Kier alpha value is 0.310. The molecule has 1 fully saturated rings. The van der Waals surface area contributed by atoms with E-state index in [9.17, 15) is 0 Å². The zero-order valence-corrected chi connectivity index (χ0v) is 11.1. The second-order valence-corrected chi connectivity index (χ2v) is 5.54. The summed E-state index contributed by atoms with van der Waals surface area (Å²) in [4.78, 5) is 0. The first kappa shape index (κ1) is 13.4. The Labute approximate surface area is 101 Å². The van der Waals surface area contributed by atoms with Crippen LogP contribution in [0.15, 0.2) is 0 Å². The number of unbranched alkanes of at least 4 members (excludes halogenated alkanes) is 5. The summed E-state index contributed by atoms with van der Waals surface area (Å²) in [7, 11) is 0. The van der Waals surface area contributed by atoms with Gasteiger partial charge in [0, 0.05) is 5.25 Å². The number of hydrogen-bond donors (Lipinski definition) is 2. The van der Waals surface area contributed by atoms with E-state index in [-0.39, 0.29) is 0 Å². The predicted octanol–water partition coefficient (Wildman–Crippen LogP) is 3.64. The van der Waals surface area contributed by atoms with Crippen molar-refractivity contribution in [1.82, 2.24) is 5.32 Å². The molecular weight excluding hydrogens is 202 g/mol. The van der Waals surface area contributed by atoms with Crippen molar-refractivity contribution in [3.63, 3.8) is 0 Å². The zero-order chi connectivity index (χ0) is 10.9. The molecule has 0 aromatic rings. The molecule has 0 spiro atoms. The molecule has 0 aromatic heterocycles. The van der Waals surface area contributed by atoms with Crippen LogP contribution >= 0.6 is 12.6 Å². The van der Waals surface area contributed by atoms with Crippen LogP contribution in [-0.4, -0.2) is 18.3 Å². The van der Waals surface area contributed by atoms with E-state index in [4.69, 9.17) is 0 Å². The quantitative estimate of drug-likeness (QED) is 0.502. The summed E-state index contributed by atoms with van der Waals surface area (Å²) in [6.07, 6.45) is 11.1. The van der Waals surface area contributed by atoms with Crippen LogP contribution in [0.2, 0.25) is 0 Å². The average Bonchev–Trinajstić information content (AvgIpc) is 2.25. The smallest absolute Gasteiger partial charge is 0.00692 e. The second-order valence-electron chi connectivity index (χ2n) is 4.88. The molecule has 2 atom stereocenters. The fourth-order valence-corrected chi connectivity index (χ4v) is 2.77. The number of rotatable bonds is 7. The molecular formula is C13H27NS. The molecule has 1 saturated heterocycles. The summed E-state index contributed by atoms with van der Waals surface area (Å²) >= 11 is 4.67. The highest BCUT2D eigenvalue weighted by Crippen LogP contribution is 2.23. The normalized spacial score (nSPS) is 26.8. The van der Waals surface area contributed by atoms with E-state index < -0.39 is 0 Å². The summed E-state index contributed by atoms with van der Waals surface area (Å²) in [6, 6.07) is 0. The van der Waals surface area contributed by atoms with Crippen LogP contribution in [0.1, 0.15) is 58.3 Å². The van der Waals surface area contributed by atoms with Crippen LogP contribution < -0.4 is 5.32 Å². The molecule has 1 N–H and O–H groups in total. The number of thiol groups is 1. The van der Waals surface area contributed by atoms with Crippen molar-refractivity contribution < 1.29 is 0 Å². The molecule has 1 aliphatic heterocycles. The van der Waals surface area contributed by atoms with Crippen LogP contribution in [0.4, 0.5) is 0 Å². The summed E-state index contributed by atoms with van der Waals surface area (Å²) in [5.41, 5.74) is 0. The lowest BCUT2D eigenvalue weighted by molar-refractivity contribution is 0.357. The van der Waals surface area contributed by atoms with Gasteiger partial charge in [-0.15, -0.1) is 0 Å². The average molecular weight is 229 g/mol. The molecule has 0 aromatic carbocycles. The highest BCUT2D eigenvalue weighted by atomic mass is 32.1. The molecule has 2 heteroatoms. The molecule has 2 unspecified atom stereocenters. The van der Waals surface area contributed by atoms with Crippen molar-refractivity contribution in [3.8, 4) is 0 Å². The Morgan fingerprint density at radius 3 is 2.60 bits per heavy atom. The lowest BCUT2D eigenvalue weighted by atomic mass is 9.92. The van der Waals surface area contributed by atoms with Gasteiger partial charge in [0.25, 0.3) is 0 Å². The first-order valence-corrected chi connectivity index (χ1v) is 7.25. The maximum absolute atomic E-state index is 4.67. The number of nitrogens with one attached hydrogen (secondary N) is 1. The van der Waals surface area contributed by atoms with Crippen molar-refractivity contribution >= 4 is 12.6 Å². The van der Waals surface area contributed by atoms with Gasteiger partial charge in [0.15, 0.2) is 0 Å². The van der Waals surface area contributed by atoms with Crippen molar-refractivity contribution in [2.75, 3.05) is 13.1 Å². The van der Waals surface area contributed by atoms with Crippen LogP contribution in [0.5, 0.6) is 0 Å². The molecule has 90 valence electrons. The molecule has 0 saturated carbocycles. The Bertz CT molecular complexity index is 149. The monoisotopic (exact) mass is 229 g/mol. The van der Waals surface area contributed by atoms with Gasteiger partial charge in [-0.3, -0.25) is 0 Å². The van der Waals surface area contributed by atoms with Crippen LogP contribution in [-0.2, 0) is 0 Å². The molecule has 15 heavy (non-hydrogen) atoms. The van der Waals surface area contributed by atoms with E-state index in [1.54, 1.807) is 0 Å². The third-order valence-corrected chi connectivity index (χ3v) is 4.18. The molecule has 1 heterocycles. The maximum Gasteiger partial charge on any atom is 0.00692 e. The van der Waals surface area contributed by atoms with Gasteiger partial charge in [-0.2, -0.15) is 12.6 Å². The van der Waals surface area contributed by atoms with E-state index in [0.717, 1.165) is 5.92 Å². The van der Waals surface area contributed by atoms with Gasteiger partial charge in [-0.25, -0.2) is 0 Å². The number of piperidine rings is 1. The minimum atomic E-state index is 0.655. The minimum absolute atomic E-state index is 0.655. The Kier molecular flexibility index (Phi) is 7.54. The first-order valence-electron chi connectivity index (χ1n) is 6.73. The highest BCUT2D eigenvalue weighted by Gasteiger charge is 2.20. The third-order valence-electron chi connectivity index (χ3n) is 3.50. The van der Waals surface area contributed by atoms with Crippen LogP contribution in [0.3, 0.4) is 0 Å². The van der Waals surface area contributed by atoms with Gasteiger partial charge in [0.1, 0.15) is 0 Å². The van der Waals surface area contributed by atoms with Gasteiger partial charge in [0.05, 0.1) is 0 Å². The predicted molar refractivity (Wildman–Crippen MR) is 71.7 cm³/mol. The standard InChI is InChI=1S/C13H27NS/c1-2-3-4-5-6-7-8-12-11-14-10-9-13(12)15/h12-15H,2-11H2,1H3. The SMILES string of the molecule is CCCCCCCCC1CNCCC1S. The minimum Gasteiger partial charge on any atom is -0.316 e. The van der Waals surface area contributed by atoms with Gasteiger partial charge in [-0.05, 0) is 31.8 Å². The molecule has 0 aliphatic carbocycles. The summed E-state index contributed by atoms with van der Waals surface area (Å²) in [6.45, 7) is 4.64. The van der Waals surface area contributed by atoms with E-state index in [2.05, 4.69) is 24.9 Å². The summed E-state index contributed by atoms with van der Waals surface area (Å²) in [5.74, 6) is 0.827. The maximum atomic E-state index is 4.67. The molecule has 1 nitrogen and oxygen atoms in total. The van der Waals surface area contributed by atoms with Gasteiger partial charge in [0.2, 0.25) is 0 Å². The Morgan fingerprint density at radius 2 is 1.87 bits per heavy atom. The van der Waals surface area contributed by atoms with E-state index >= 15 is 0 Å². The molecule has 0 bridgehead atoms. The van der Waals surface area contributed by atoms with Crippen molar-refractivity contribution in [1.29, 1.82) is 0 Å². The zero-order valence-electron chi connectivity index (χ0n) is 10.2. The van der Waals surface area contributed by atoms with Crippen molar-refractivity contribution in [2.24, 2.45) is 5.92 Å². The van der Waals surface area contributed by atoms with E-state index in [1.165, 1.54) is 64.5 Å². The topological polar surface area (TPSA) is 12.0 Å². The van der Waals surface area contributed by atoms with Gasteiger partial charge >= 0.3 is 0 Å². The summed E-state index contributed by atoms with van der Waals surface area (Å²) < 4.78 is 0. The lowest BCUT2D eigenvalue weighted by Crippen LogP contribution is -2.37. The molecule has 1 rings (SSSR count). The largest absolute Gasteiger partial charge is 0.316 e. The van der Waals surface area contributed by atoms with Gasteiger partial charge < -0.3 is 5.32 Å². The highest BCUT2D eigenvalue weighted by molar-refractivity contribution is 7.81. The first-order chi connectivity index (χ1) is 7.34. The van der Waals surface area contributed by atoms with Gasteiger partial charge in [-0.1, -0.05) is 45.4 Å². The molecule has 0 amide bonds. The Balaban J connectivity index is 1.94. The summed E-state index contributed by atoms with van der Waals surface area (Å²) in [5, 5.41) is 4.13. The third kappa shape index (κ3) is 5.82. The van der Waals surface area contributed by atoms with Crippen molar-refractivity contribution in [2.45, 2.75) is 63.5 Å². The van der Waals surface area contributed by atoms with Crippen molar-refractivity contribution in [3.05, 3.63) is 0 Å². The lowest BCUT2D eigenvalue weighted by Gasteiger charge is -2.28. The van der Waals surface area contributed by atoms with Crippen LogP contribution in [0, 0.1) is 5.92 Å².